The molecular formula is C20H39N3O5. The van der Waals surface area contributed by atoms with Crippen molar-refractivity contribution in [2.45, 2.75) is 57.4 Å². The number of ether oxygens (including phenoxy) is 3. The number of rotatable bonds is 17. The van der Waals surface area contributed by atoms with Gasteiger partial charge in [0.05, 0.1) is 26.4 Å². The lowest BCUT2D eigenvalue weighted by molar-refractivity contribution is -0.138. The first-order chi connectivity index (χ1) is 13.7. The van der Waals surface area contributed by atoms with E-state index in [4.69, 9.17) is 19.9 Å². The molecule has 0 aromatic heterocycles. The van der Waals surface area contributed by atoms with Gasteiger partial charge in [0.1, 0.15) is 6.61 Å². The summed E-state index contributed by atoms with van der Waals surface area (Å²) in [7, 11) is 1.62. The number of nitrogens with two attached hydrogens (primary N) is 1. The van der Waals surface area contributed by atoms with E-state index in [1.165, 1.54) is 0 Å². The number of amides is 2. The van der Waals surface area contributed by atoms with Gasteiger partial charge < -0.3 is 30.2 Å². The molecule has 8 nitrogen and oxygen atoms in total. The van der Waals surface area contributed by atoms with Crippen molar-refractivity contribution in [1.29, 1.82) is 0 Å². The summed E-state index contributed by atoms with van der Waals surface area (Å²) < 4.78 is 15.6. The van der Waals surface area contributed by atoms with Crippen molar-refractivity contribution in [3.63, 3.8) is 0 Å². The highest BCUT2D eigenvalue weighted by atomic mass is 16.5. The maximum atomic E-state index is 12.4. The molecule has 0 saturated carbocycles. The Balaban J connectivity index is 2.12. The number of unbranched alkanes of at least 4 members (excludes halogenated alkanes) is 4. The molecule has 0 bridgehead atoms. The van der Waals surface area contributed by atoms with Crippen LogP contribution in [0.2, 0.25) is 0 Å². The first-order valence-corrected chi connectivity index (χ1v) is 10.6. The van der Waals surface area contributed by atoms with E-state index >= 15 is 0 Å². The topological polar surface area (TPSA) is 103 Å². The summed E-state index contributed by atoms with van der Waals surface area (Å²) in [6.07, 6.45) is 7.68. The molecule has 0 aromatic rings. The predicted molar refractivity (Wildman–Crippen MR) is 108 cm³/mol. The number of carbonyl (C=O) groups is 2. The number of nitrogens with one attached hydrogen (secondary N) is 1. The normalized spacial score (nSPS) is 16.5. The molecule has 8 heteroatoms. The molecule has 0 spiro atoms. The molecule has 1 rings (SSSR count). The van der Waals surface area contributed by atoms with E-state index in [-0.39, 0.29) is 24.5 Å². The fourth-order valence-electron chi connectivity index (χ4n) is 3.29. The Morgan fingerprint density at radius 1 is 1.04 bits per heavy atom. The lowest BCUT2D eigenvalue weighted by Crippen LogP contribution is -2.41. The quantitative estimate of drug-likeness (QED) is 0.354. The first-order valence-electron chi connectivity index (χ1n) is 10.6. The average molecular weight is 402 g/mol. The molecule has 1 aliphatic rings. The van der Waals surface area contributed by atoms with E-state index in [1.54, 1.807) is 12.0 Å². The predicted octanol–water partition coefficient (Wildman–Crippen LogP) is 1.07. The van der Waals surface area contributed by atoms with Crippen molar-refractivity contribution >= 4 is 11.8 Å². The van der Waals surface area contributed by atoms with Crippen molar-refractivity contribution in [2.24, 2.45) is 5.73 Å². The lowest BCUT2D eigenvalue weighted by atomic mass is 10.1. The molecule has 28 heavy (non-hydrogen) atoms. The standard InChI is InChI=1S/C20H39N3O5/c1-26-12-13-27-14-15-28-17-20(25)23-11-7-8-18(23)16-19(24)22-10-6-4-2-3-5-9-21/h18H,2-17,21H2,1H3,(H,22,24). The molecule has 1 saturated heterocycles. The molecule has 0 aromatic carbocycles. The van der Waals surface area contributed by atoms with Gasteiger partial charge >= 0.3 is 0 Å². The zero-order valence-corrected chi connectivity index (χ0v) is 17.5. The van der Waals surface area contributed by atoms with Gasteiger partial charge in [0.25, 0.3) is 0 Å². The van der Waals surface area contributed by atoms with Gasteiger partial charge in [-0.05, 0) is 32.2 Å². The second-order valence-corrected chi connectivity index (χ2v) is 7.15. The molecule has 1 unspecified atom stereocenters. The minimum Gasteiger partial charge on any atom is -0.382 e. The van der Waals surface area contributed by atoms with Gasteiger partial charge in [-0.3, -0.25) is 9.59 Å². The third-order valence-corrected chi connectivity index (χ3v) is 4.85. The smallest absolute Gasteiger partial charge is 0.248 e. The fourth-order valence-corrected chi connectivity index (χ4v) is 3.29. The molecule has 1 atom stereocenters. The zero-order chi connectivity index (χ0) is 20.5. The van der Waals surface area contributed by atoms with Crippen molar-refractivity contribution in [1.82, 2.24) is 10.2 Å². The summed E-state index contributed by atoms with van der Waals surface area (Å²) in [5.74, 6) is -0.0220. The highest BCUT2D eigenvalue weighted by Gasteiger charge is 2.30. The minimum absolute atomic E-state index is 0.0152. The minimum atomic E-state index is -0.0490. The van der Waals surface area contributed by atoms with Crippen LogP contribution in [0.1, 0.15) is 51.4 Å². The van der Waals surface area contributed by atoms with E-state index in [0.29, 0.717) is 45.9 Å². The van der Waals surface area contributed by atoms with E-state index in [0.717, 1.165) is 51.5 Å². The highest BCUT2D eigenvalue weighted by Crippen LogP contribution is 2.20. The Labute approximate surface area is 169 Å². The molecule has 1 heterocycles. The number of carbonyl (C=O) groups excluding carboxylic acids is 2. The van der Waals surface area contributed by atoms with Crippen molar-refractivity contribution in [2.75, 3.05) is 59.8 Å². The Morgan fingerprint density at radius 3 is 2.54 bits per heavy atom. The zero-order valence-electron chi connectivity index (χ0n) is 17.5. The van der Waals surface area contributed by atoms with Crippen LogP contribution in [-0.2, 0) is 23.8 Å². The van der Waals surface area contributed by atoms with Crippen LogP contribution in [0.5, 0.6) is 0 Å². The Kier molecular flexibility index (Phi) is 14.8. The van der Waals surface area contributed by atoms with E-state index in [1.807, 2.05) is 0 Å². The van der Waals surface area contributed by atoms with Crippen LogP contribution in [0.15, 0.2) is 0 Å². The van der Waals surface area contributed by atoms with Gasteiger partial charge in [-0.25, -0.2) is 0 Å². The molecule has 164 valence electrons. The fraction of sp³-hybridized carbons (Fsp3) is 0.900. The monoisotopic (exact) mass is 401 g/mol. The highest BCUT2D eigenvalue weighted by molar-refractivity contribution is 5.80. The van der Waals surface area contributed by atoms with Gasteiger partial charge in [0.2, 0.25) is 11.8 Å². The summed E-state index contributed by atoms with van der Waals surface area (Å²) in [5, 5.41) is 2.98. The van der Waals surface area contributed by atoms with Crippen LogP contribution in [0, 0.1) is 0 Å². The van der Waals surface area contributed by atoms with E-state index < -0.39 is 0 Å². The molecular weight excluding hydrogens is 362 g/mol. The summed E-state index contributed by atoms with van der Waals surface area (Å²) >= 11 is 0. The maximum Gasteiger partial charge on any atom is 0.248 e. The van der Waals surface area contributed by atoms with E-state index in [2.05, 4.69) is 5.32 Å². The molecule has 1 fully saturated rings. The van der Waals surface area contributed by atoms with Gasteiger partial charge in [0, 0.05) is 32.7 Å². The lowest BCUT2D eigenvalue weighted by Gasteiger charge is -2.24. The number of hydrogen-bond donors (Lipinski definition) is 2. The van der Waals surface area contributed by atoms with Crippen molar-refractivity contribution in [3.05, 3.63) is 0 Å². The third kappa shape index (κ3) is 11.6. The van der Waals surface area contributed by atoms with Crippen molar-refractivity contribution < 1.29 is 23.8 Å². The van der Waals surface area contributed by atoms with Crippen LogP contribution < -0.4 is 11.1 Å². The molecule has 2 amide bonds. The summed E-state index contributed by atoms with van der Waals surface area (Å²) in [6, 6.07) is -0.0152. The van der Waals surface area contributed by atoms with E-state index in [9.17, 15) is 9.59 Å². The van der Waals surface area contributed by atoms with Crippen LogP contribution in [0.4, 0.5) is 0 Å². The number of likely N-dealkylation sites (tertiary alicyclic amines) is 1. The van der Waals surface area contributed by atoms with Crippen LogP contribution in [0.3, 0.4) is 0 Å². The van der Waals surface area contributed by atoms with Gasteiger partial charge in [-0.15, -0.1) is 0 Å². The van der Waals surface area contributed by atoms with Crippen LogP contribution in [-0.4, -0.2) is 82.5 Å². The second kappa shape index (κ2) is 16.7. The Morgan fingerprint density at radius 2 is 1.75 bits per heavy atom. The summed E-state index contributed by atoms with van der Waals surface area (Å²) in [6.45, 7) is 4.07. The summed E-state index contributed by atoms with van der Waals surface area (Å²) in [5.41, 5.74) is 5.47. The molecule has 0 radical (unpaired) electrons. The van der Waals surface area contributed by atoms with Gasteiger partial charge in [-0.1, -0.05) is 19.3 Å². The molecule has 3 N–H and O–H groups in total. The van der Waals surface area contributed by atoms with Crippen molar-refractivity contribution in [3.8, 4) is 0 Å². The summed E-state index contributed by atoms with van der Waals surface area (Å²) in [4.78, 5) is 26.3. The van der Waals surface area contributed by atoms with Gasteiger partial charge in [0.15, 0.2) is 0 Å². The number of methoxy groups -OCH3 is 1. The largest absolute Gasteiger partial charge is 0.382 e. The SMILES string of the molecule is COCCOCCOCC(=O)N1CCCC1CC(=O)NCCCCCCCN. The van der Waals surface area contributed by atoms with Gasteiger partial charge in [-0.2, -0.15) is 0 Å². The average Bonchev–Trinajstić information content (AvgIpc) is 3.14. The Bertz CT molecular complexity index is 423. The Hall–Kier alpha value is -1.22. The molecule has 0 aliphatic carbocycles. The van der Waals surface area contributed by atoms with Crippen LogP contribution >= 0.6 is 0 Å². The van der Waals surface area contributed by atoms with Crippen LogP contribution in [0.25, 0.3) is 0 Å². The maximum absolute atomic E-state index is 12.4. The number of hydrogen-bond acceptors (Lipinski definition) is 6. The molecule has 1 aliphatic heterocycles. The second-order valence-electron chi connectivity index (χ2n) is 7.15. The number of nitrogens with zero attached hydrogens (tertiary/aromatic N) is 1. The third-order valence-electron chi connectivity index (χ3n) is 4.85. The first kappa shape index (κ1) is 24.8.